The molecule has 0 unspecified atom stereocenters. The summed E-state index contributed by atoms with van der Waals surface area (Å²) in [7, 11) is 3.08. The van der Waals surface area contributed by atoms with Gasteiger partial charge in [-0.1, -0.05) is 24.3 Å². The Bertz CT molecular complexity index is 752. The molecular formula is C20H23NO4. The van der Waals surface area contributed by atoms with Gasteiger partial charge in [-0.25, -0.2) is 0 Å². The van der Waals surface area contributed by atoms with Gasteiger partial charge in [-0.05, 0) is 36.1 Å². The number of aryl methyl sites for hydroxylation is 1. The van der Waals surface area contributed by atoms with Gasteiger partial charge in [0.2, 0.25) is 0 Å². The van der Waals surface area contributed by atoms with E-state index in [0.717, 1.165) is 12.0 Å². The first kappa shape index (κ1) is 17.3. The number of amides is 1. The molecule has 0 saturated heterocycles. The van der Waals surface area contributed by atoms with E-state index in [9.17, 15) is 9.90 Å². The number of fused-ring (bicyclic) bond motifs is 1. The number of carbonyl (C=O) groups is 1. The zero-order valence-corrected chi connectivity index (χ0v) is 14.5. The second-order valence-electron chi connectivity index (χ2n) is 6.45. The maximum absolute atomic E-state index is 12.5. The SMILES string of the molecule is COc1cc(OC)cc(C(=O)NC[C@]2(O)CCc3ccccc3C2)c1. The second kappa shape index (κ2) is 7.15. The van der Waals surface area contributed by atoms with Crippen molar-refractivity contribution in [1.82, 2.24) is 5.32 Å². The Morgan fingerprint density at radius 1 is 1.12 bits per heavy atom. The molecule has 0 aromatic heterocycles. The first-order valence-electron chi connectivity index (χ1n) is 8.33. The lowest BCUT2D eigenvalue weighted by Gasteiger charge is -2.33. The van der Waals surface area contributed by atoms with Gasteiger partial charge in [0.1, 0.15) is 11.5 Å². The largest absolute Gasteiger partial charge is 0.497 e. The lowest BCUT2D eigenvalue weighted by Crippen LogP contribution is -2.46. The van der Waals surface area contributed by atoms with Gasteiger partial charge in [-0.15, -0.1) is 0 Å². The van der Waals surface area contributed by atoms with Gasteiger partial charge in [-0.2, -0.15) is 0 Å². The Morgan fingerprint density at radius 3 is 2.40 bits per heavy atom. The summed E-state index contributed by atoms with van der Waals surface area (Å²) in [5, 5.41) is 13.7. The minimum atomic E-state index is -0.924. The fourth-order valence-electron chi connectivity index (χ4n) is 3.22. The highest BCUT2D eigenvalue weighted by atomic mass is 16.5. The molecule has 1 aliphatic rings. The molecule has 25 heavy (non-hydrogen) atoms. The van der Waals surface area contributed by atoms with E-state index in [1.165, 1.54) is 5.56 Å². The van der Waals surface area contributed by atoms with Crippen molar-refractivity contribution in [2.75, 3.05) is 20.8 Å². The van der Waals surface area contributed by atoms with Crippen LogP contribution in [0.1, 0.15) is 27.9 Å². The zero-order chi connectivity index (χ0) is 17.9. The number of aliphatic hydroxyl groups is 1. The molecule has 0 bridgehead atoms. The van der Waals surface area contributed by atoms with Crippen molar-refractivity contribution in [2.45, 2.75) is 24.9 Å². The van der Waals surface area contributed by atoms with E-state index in [4.69, 9.17) is 9.47 Å². The highest BCUT2D eigenvalue weighted by molar-refractivity contribution is 5.95. The summed E-state index contributed by atoms with van der Waals surface area (Å²) in [6.07, 6.45) is 1.99. The summed E-state index contributed by atoms with van der Waals surface area (Å²) >= 11 is 0. The third-order valence-corrected chi connectivity index (χ3v) is 4.69. The van der Waals surface area contributed by atoms with Crippen LogP contribution in [0.3, 0.4) is 0 Å². The minimum Gasteiger partial charge on any atom is -0.497 e. The number of hydrogen-bond donors (Lipinski definition) is 2. The molecule has 5 nitrogen and oxygen atoms in total. The van der Waals surface area contributed by atoms with Crippen molar-refractivity contribution in [2.24, 2.45) is 0 Å². The molecule has 1 atom stereocenters. The van der Waals surface area contributed by atoms with Gasteiger partial charge in [0.25, 0.3) is 5.91 Å². The average Bonchev–Trinajstić information content (AvgIpc) is 2.65. The normalized spacial score (nSPS) is 19.0. The van der Waals surface area contributed by atoms with Crippen LogP contribution in [0.4, 0.5) is 0 Å². The molecule has 2 aromatic rings. The lowest BCUT2D eigenvalue weighted by molar-refractivity contribution is 0.0260. The maximum Gasteiger partial charge on any atom is 0.251 e. The third kappa shape index (κ3) is 3.94. The topological polar surface area (TPSA) is 67.8 Å². The molecule has 0 aliphatic heterocycles. The molecule has 2 aromatic carbocycles. The Morgan fingerprint density at radius 2 is 1.76 bits per heavy atom. The smallest absolute Gasteiger partial charge is 0.251 e. The van der Waals surface area contributed by atoms with Gasteiger partial charge in [0.15, 0.2) is 0 Å². The van der Waals surface area contributed by atoms with Crippen LogP contribution in [0.2, 0.25) is 0 Å². The van der Waals surface area contributed by atoms with Crippen LogP contribution in [0.5, 0.6) is 11.5 Å². The van der Waals surface area contributed by atoms with E-state index < -0.39 is 5.60 Å². The van der Waals surface area contributed by atoms with E-state index in [2.05, 4.69) is 11.4 Å². The number of methoxy groups -OCH3 is 2. The van der Waals surface area contributed by atoms with Crippen LogP contribution in [0.25, 0.3) is 0 Å². The van der Waals surface area contributed by atoms with Crippen molar-refractivity contribution in [3.63, 3.8) is 0 Å². The number of hydrogen-bond acceptors (Lipinski definition) is 4. The average molecular weight is 341 g/mol. The highest BCUT2D eigenvalue weighted by Crippen LogP contribution is 2.28. The van der Waals surface area contributed by atoms with Crippen molar-refractivity contribution in [3.05, 3.63) is 59.2 Å². The maximum atomic E-state index is 12.5. The van der Waals surface area contributed by atoms with E-state index in [1.54, 1.807) is 32.4 Å². The minimum absolute atomic E-state index is 0.208. The van der Waals surface area contributed by atoms with Gasteiger partial charge in [0.05, 0.1) is 19.8 Å². The number of ether oxygens (including phenoxy) is 2. The summed E-state index contributed by atoms with van der Waals surface area (Å²) in [6.45, 7) is 0.208. The van der Waals surface area contributed by atoms with Crippen molar-refractivity contribution < 1.29 is 19.4 Å². The number of nitrogens with one attached hydrogen (secondary N) is 1. The Hall–Kier alpha value is -2.53. The van der Waals surface area contributed by atoms with Gasteiger partial charge in [0, 0.05) is 24.6 Å². The van der Waals surface area contributed by atoms with Gasteiger partial charge >= 0.3 is 0 Å². The fourth-order valence-corrected chi connectivity index (χ4v) is 3.22. The standard InChI is InChI=1S/C20H23NO4/c1-24-17-9-16(10-18(11-17)25-2)19(22)21-13-20(23)8-7-14-5-3-4-6-15(14)12-20/h3-6,9-11,23H,7-8,12-13H2,1-2H3,(H,21,22)/t20-/m0/s1. The van der Waals surface area contributed by atoms with E-state index in [1.807, 2.05) is 18.2 Å². The van der Waals surface area contributed by atoms with Crippen LogP contribution in [0.15, 0.2) is 42.5 Å². The molecule has 0 heterocycles. The third-order valence-electron chi connectivity index (χ3n) is 4.69. The van der Waals surface area contributed by atoms with E-state index >= 15 is 0 Å². The molecule has 3 rings (SSSR count). The van der Waals surface area contributed by atoms with Crippen molar-refractivity contribution in [3.8, 4) is 11.5 Å². The van der Waals surface area contributed by atoms with Crippen LogP contribution in [0, 0.1) is 0 Å². The molecule has 2 N–H and O–H groups in total. The molecule has 0 radical (unpaired) electrons. The van der Waals surface area contributed by atoms with Crippen LogP contribution < -0.4 is 14.8 Å². The number of rotatable bonds is 5. The fraction of sp³-hybridized carbons (Fsp3) is 0.350. The summed E-state index contributed by atoms with van der Waals surface area (Å²) in [6, 6.07) is 13.1. The molecular weight excluding hydrogens is 318 g/mol. The Labute approximate surface area is 147 Å². The summed E-state index contributed by atoms with van der Waals surface area (Å²) in [5.41, 5.74) is 1.94. The molecule has 1 amide bonds. The predicted molar refractivity (Wildman–Crippen MR) is 95.3 cm³/mol. The Kier molecular flexibility index (Phi) is 4.95. The van der Waals surface area contributed by atoms with Crippen LogP contribution >= 0.6 is 0 Å². The number of carbonyl (C=O) groups excluding carboxylic acids is 1. The predicted octanol–water partition coefficient (Wildman–Crippen LogP) is 2.35. The Balaban J connectivity index is 1.68. The first-order valence-corrected chi connectivity index (χ1v) is 8.33. The highest BCUT2D eigenvalue weighted by Gasteiger charge is 2.32. The molecule has 0 fully saturated rings. The molecule has 0 spiro atoms. The summed E-state index contributed by atoms with van der Waals surface area (Å²) in [5.74, 6) is 0.842. The van der Waals surface area contributed by atoms with E-state index in [0.29, 0.717) is 29.9 Å². The second-order valence-corrected chi connectivity index (χ2v) is 6.45. The van der Waals surface area contributed by atoms with Crippen LogP contribution in [-0.2, 0) is 12.8 Å². The molecule has 132 valence electrons. The summed E-state index contributed by atoms with van der Waals surface area (Å²) < 4.78 is 10.4. The lowest BCUT2D eigenvalue weighted by atomic mass is 9.80. The van der Waals surface area contributed by atoms with Gasteiger partial charge < -0.3 is 19.9 Å². The molecule has 0 saturated carbocycles. The summed E-state index contributed by atoms with van der Waals surface area (Å²) in [4.78, 5) is 12.5. The molecule has 1 aliphatic carbocycles. The van der Waals surface area contributed by atoms with Gasteiger partial charge in [-0.3, -0.25) is 4.79 Å². The number of benzene rings is 2. The van der Waals surface area contributed by atoms with Crippen molar-refractivity contribution in [1.29, 1.82) is 0 Å². The van der Waals surface area contributed by atoms with Crippen LogP contribution in [-0.4, -0.2) is 37.4 Å². The monoisotopic (exact) mass is 341 g/mol. The zero-order valence-electron chi connectivity index (χ0n) is 14.5. The quantitative estimate of drug-likeness (QED) is 0.876. The first-order chi connectivity index (χ1) is 12.0. The molecule has 5 heteroatoms. The van der Waals surface area contributed by atoms with Crippen molar-refractivity contribution >= 4 is 5.91 Å². The van der Waals surface area contributed by atoms with E-state index in [-0.39, 0.29) is 12.5 Å².